The molecule has 0 aliphatic carbocycles. The van der Waals surface area contributed by atoms with Gasteiger partial charge in [0.1, 0.15) is 10.4 Å². The first-order valence-electron chi connectivity index (χ1n) is 6.86. The van der Waals surface area contributed by atoms with Crippen molar-refractivity contribution in [3.05, 3.63) is 40.6 Å². The molecule has 0 aliphatic heterocycles. The molecule has 0 fully saturated rings. The zero-order valence-electron chi connectivity index (χ0n) is 12.5. The van der Waals surface area contributed by atoms with Gasteiger partial charge < -0.3 is 8.97 Å². The fraction of sp³-hybridized carbons (Fsp3) is 0.400. The van der Waals surface area contributed by atoms with Gasteiger partial charge in [-0.3, -0.25) is 0 Å². The van der Waals surface area contributed by atoms with Crippen LogP contribution in [0.25, 0.3) is 11.4 Å². The van der Waals surface area contributed by atoms with Gasteiger partial charge in [-0.15, -0.1) is 0 Å². The average molecular weight is 353 g/mol. The van der Waals surface area contributed by atoms with E-state index in [-0.39, 0.29) is 0 Å². The van der Waals surface area contributed by atoms with Crippen molar-refractivity contribution in [3.63, 3.8) is 0 Å². The van der Waals surface area contributed by atoms with Gasteiger partial charge in [0, 0.05) is 12.2 Å². The summed E-state index contributed by atoms with van der Waals surface area (Å²) in [7, 11) is -1.59. The van der Waals surface area contributed by atoms with Crippen molar-refractivity contribution in [2.75, 3.05) is 6.61 Å². The molecule has 0 spiro atoms. The lowest BCUT2D eigenvalue weighted by molar-refractivity contribution is 0.130. The largest absolute Gasteiger partial charge is 0.375 e. The molecule has 5 heteroatoms. The van der Waals surface area contributed by atoms with E-state index < -0.39 is 8.24 Å². The van der Waals surface area contributed by atoms with Crippen LogP contribution in [-0.4, -0.2) is 24.1 Å². The first-order valence-corrected chi connectivity index (χ1v) is 11.1. The predicted octanol–water partition coefficient (Wildman–Crippen LogP) is 4.53. The summed E-state index contributed by atoms with van der Waals surface area (Å²) in [6, 6.07) is 10.3. The van der Waals surface area contributed by atoms with Crippen molar-refractivity contribution >= 4 is 24.2 Å². The van der Waals surface area contributed by atoms with Crippen molar-refractivity contribution < 1.29 is 4.74 Å². The molecule has 0 N–H and O–H groups in total. The van der Waals surface area contributed by atoms with Crippen molar-refractivity contribution in [1.29, 1.82) is 0 Å². The van der Waals surface area contributed by atoms with Crippen LogP contribution in [-0.2, 0) is 11.3 Å². The summed E-state index contributed by atoms with van der Waals surface area (Å²) in [6.07, 6.45) is 0. The third-order valence-electron chi connectivity index (χ3n) is 3.07. The minimum atomic E-state index is -1.59. The summed E-state index contributed by atoms with van der Waals surface area (Å²) in [6.45, 7) is 10.3. The van der Waals surface area contributed by atoms with Gasteiger partial charge in [0.25, 0.3) is 0 Å². The van der Waals surface area contributed by atoms with E-state index in [9.17, 15) is 0 Å². The molecule has 0 saturated carbocycles. The molecule has 20 heavy (non-hydrogen) atoms. The third-order valence-corrected chi connectivity index (χ3v) is 5.53. The van der Waals surface area contributed by atoms with Crippen LogP contribution >= 0.6 is 15.9 Å². The van der Waals surface area contributed by atoms with Gasteiger partial charge in [0.05, 0.1) is 12.3 Å². The molecule has 3 nitrogen and oxygen atoms in total. The van der Waals surface area contributed by atoms with Crippen LogP contribution in [0.4, 0.5) is 0 Å². The number of benzene rings is 1. The Bertz CT molecular complexity index is 576. The number of nitrogens with zero attached hydrogens (tertiary/aromatic N) is 2. The molecule has 108 valence electrons. The monoisotopic (exact) mass is 352 g/mol. The van der Waals surface area contributed by atoms with Crippen LogP contribution in [0.15, 0.2) is 34.9 Å². The Labute approximate surface area is 130 Å². The summed E-state index contributed by atoms with van der Waals surface area (Å²) in [5, 5.41) is 0. The molecule has 1 aromatic carbocycles. The zero-order valence-corrected chi connectivity index (χ0v) is 15.1. The van der Waals surface area contributed by atoms with E-state index in [1.54, 1.807) is 0 Å². The fourth-order valence-electron chi connectivity index (χ4n) is 2.25. The maximum Gasteiger partial charge on any atom is 0.155 e. The lowest BCUT2D eigenvalue weighted by Crippen LogP contribution is -2.34. The second-order valence-corrected chi connectivity index (χ2v) is 11.2. The molecule has 2 aromatic rings. The number of hydrogen-bond acceptors (Lipinski definition) is 2. The Kier molecular flexibility index (Phi) is 4.83. The van der Waals surface area contributed by atoms with E-state index in [1.807, 2.05) is 13.0 Å². The van der Waals surface area contributed by atoms with Gasteiger partial charge in [-0.05, 0) is 22.9 Å². The SMILES string of the molecule is CCOCc1c(Br)nc(-c2ccccc2)n1[Si](C)(C)C. The van der Waals surface area contributed by atoms with Crippen LogP contribution in [0.2, 0.25) is 19.6 Å². The van der Waals surface area contributed by atoms with Crippen LogP contribution in [0.5, 0.6) is 0 Å². The summed E-state index contributed by atoms with van der Waals surface area (Å²) >= 11 is 3.60. The molecule has 0 amide bonds. The smallest absolute Gasteiger partial charge is 0.155 e. The third kappa shape index (κ3) is 3.21. The zero-order chi connectivity index (χ0) is 14.8. The number of ether oxygens (including phenoxy) is 1. The molecule has 0 bridgehead atoms. The number of halogens is 1. The predicted molar refractivity (Wildman–Crippen MR) is 89.4 cm³/mol. The molecule has 1 heterocycles. The van der Waals surface area contributed by atoms with Gasteiger partial charge in [0.15, 0.2) is 8.24 Å². The molecule has 1 aromatic heterocycles. The summed E-state index contributed by atoms with van der Waals surface area (Å²) in [5.74, 6) is 1.03. The highest BCUT2D eigenvalue weighted by Gasteiger charge is 2.27. The Hall–Kier alpha value is -0.913. The van der Waals surface area contributed by atoms with Crippen LogP contribution in [0.1, 0.15) is 12.6 Å². The molecule has 0 radical (unpaired) electrons. The normalized spacial score (nSPS) is 11.8. The Balaban J connectivity index is 2.58. The first-order chi connectivity index (χ1) is 9.45. The quantitative estimate of drug-likeness (QED) is 0.739. The fourth-order valence-corrected chi connectivity index (χ4v) is 4.67. The maximum absolute atomic E-state index is 5.62. The van der Waals surface area contributed by atoms with E-state index in [0.717, 1.165) is 21.7 Å². The van der Waals surface area contributed by atoms with Crippen molar-refractivity contribution in [1.82, 2.24) is 9.22 Å². The van der Waals surface area contributed by atoms with Crippen LogP contribution < -0.4 is 0 Å². The molecular weight excluding hydrogens is 332 g/mol. The minimum absolute atomic E-state index is 0.598. The van der Waals surface area contributed by atoms with Crippen molar-refractivity contribution in [2.24, 2.45) is 0 Å². The van der Waals surface area contributed by atoms with E-state index in [2.05, 4.69) is 64.1 Å². The number of rotatable bonds is 5. The first kappa shape index (κ1) is 15.5. The summed E-state index contributed by atoms with van der Waals surface area (Å²) < 4.78 is 8.90. The van der Waals surface area contributed by atoms with Gasteiger partial charge in [-0.2, -0.15) is 0 Å². The molecule has 0 aliphatic rings. The molecular formula is C15H21BrN2OSi. The highest BCUT2D eigenvalue weighted by atomic mass is 79.9. The number of hydrogen-bond donors (Lipinski definition) is 0. The van der Waals surface area contributed by atoms with Gasteiger partial charge >= 0.3 is 0 Å². The highest BCUT2D eigenvalue weighted by molar-refractivity contribution is 9.10. The maximum atomic E-state index is 5.62. The molecule has 0 unspecified atom stereocenters. The van der Waals surface area contributed by atoms with Crippen molar-refractivity contribution in [2.45, 2.75) is 33.2 Å². The topological polar surface area (TPSA) is 27.1 Å². The Morgan fingerprint density at radius 2 is 1.85 bits per heavy atom. The second kappa shape index (κ2) is 6.24. The van der Waals surface area contributed by atoms with Crippen LogP contribution in [0.3, 0.4) is 0 Å². The van der Waals surface area contributed by atoms with Crippen molar-refractivity contribution in [3.8, 4) is 11.4 Å². The van der Waals surface area contributed by atoms with E-state index in [4.69, 9.17) is 9.72 Å². The van der Waals surface area contributed by atoms with Gasteiger partial charge in [-0.25, -0.2) is 4.98 Å². The number of imidazole rings is 1. The average Bonchev–Trinajstić information content (AvgIpc) is 2.74. The van der Waals surface area contributed by atoms with Gasteiger partial charge in [-0.1, -0.05) is 50.0 Å². The lowest BCUT2D eigenvalue weighted by Gasteiger charge is -2.24. The number of aromatic nitrogens is 2. The summed E-state index contributed by atoms with van der Waals surface area (Å²) in [5.41, 5.74) is 2.29. The van der Waals surface area contributed by atoms with Crippen LogP contribution in [0, 0.1) is 0 Å². The van der Waals surface area contributed by atoms with E-state index in [0.29, 0.717) is 13.2 Å². The lowest BCUT2D eigenvalue weighted by atomic mass is 10.2. The minimum Gasteiger partial charge on any atom is -0.375 e. The molecule has 2 rings (SSSR count). The Morgan fingerprint density at radius 3 is 2.40 bits per heavy atom. The summed E-state index contributed by atoms with van der Waals surface area (Å²) in [4.78, 5) is 4.73. The second-order valence-electron chi connectivity index (χ2n) is 5.68. The molecule has 0 atom stereocenters. The molecule has 0 saturated heterocycles. The Morgan fingerprint density at radius 1 is 1.20 bits per heavy atom. The van der Waals surface area contributed by atoms with E-state index in [1.165, 1.54) is 0 Å². The van der Waals surface area contributed by atoms with Gasteiger partial charge in [0.2, 0.25) is 0 Å². The highest BCUT2D eigenvalue weighted by Crippen LogP contribution is 2.29. The van der Waals surface area contributed by atoms with E-state index >= 15 is 0 Å². The standard InChI is InChI=1S/C15H21BrN2OSi/c1-5-19-11-13-14(16)17-15(18(13)20(2,3)4)12-9-7-6-8-10-12/h6-10H,5,11H2,1-4H3.